The second-order valence-corrected chi connectivity index (χ2v) is 4.86. The SMILES string of the molecule is O=C(O)C1=C(C(=O)CC(=O)c2ccccc2)CCCC1. The molecule has 1 aromatic rings. The Hall–Kier alpha value is -2.23. The lowest BCUT2D eigenvalue weighted by Crippen LogP contribution is -2.18. The first kappa shape index (κ1) is 14.2. The Kier molecular flexibility index (Phi) is 4.45. The Morgan fingerprint density at radius 1 is 0.900 bits per heavy atom. The van der Waals surface area contributed by atoms with Crippen LogP contribution in [0.4, 0.5) is 0 Å². The molecule has 2 rings (SSSR count). The molecule has 104 valence electrons. The van der Waals surface area contributed by atoms with E-state index in [1.54, 1.807) is 30.3 Å². The van der Waals surface area contributed by atoms with Gasteiger partial charge in [0.2, 0.25) is 0 Å². The Labute approximate surface area is 117 Å². The zero-order valence-corrected chi connectivity index (χ0v) is 11.1. The highest BCUT2D eigenvalue weighted by Gasteiger charge is 2.24. The molecule has 1 aliphatic rings. The average molecular weight is 272 g/mol. The number of hydrogen-bond donors (Lipinski definition) is 1. The van der Waals surface area contributed by atoms with Crippen molar-refractivity contribution in [3.05, 3.63) is 47.0 Å². The zero-order valence-electron chi connectivity index (χ0n) is 11.1. The average Bonchev–Trinajstić information content (AvgIpc) is 2.48. The van der Waals surface area contributed by atoms with E-state index in [1.165, 1.54) is 0 Å². The van der Waals surface area contributed by atoms with Gasteiger partial charge in [-0.15, -0.1) is 0 Å². The summed E-state index contributed by atoms with van der Waals surface area (Å²) in [5, 5.41) is 9.11. The van der Waals surface area contributed by atoms with Gasteiger partial charge in [0.05, 0.1) is 6.42 Å². The first-order chi connectivity index (χ1) is 9.59. The van der Waals surface area contributed by atoms with Crippen molar-refractivity contribution >= 4 is 17.5 Å². The van der Waals surface area contributed by atoms with Crippen LogP contribution in [0.3, 0.4) is 0 Å². The molecule has 0 aromatic heterocycles. The number of ketones is 2. The van der Waals surface area contributed by atoms with Crippen LogP contribution in [0.25, 0.3) is 0 Å². The van der Waals surface area contributed by atoms with Crippen molar-refractivity contribution in [3.8, 4) is 0 Å². The summed E-state index contributed by atoms with van der Waals surface area (Å²) in [5.41, 5.74) is 0.990. The van der Waals surface area contributed by atoms with E-state index in [1.807, 2.05) is 0 Å². The van der Waals surface area contributed by atoms with Gasteiger partial charge in [0.25, 0.3) is 0 Å². The lowest BCUT2D eigenvalue weighted by atomic mass is 9.87. The first-order valence-electron chi connectivity index (χ1n) is 6.66. The van der Waals surface area contributed by atoms with E-state index in [0.29, 0.717) is 24.0 Å². The van der Waals surface area contributed by atoms with Gasteiger partial charge in [0, 0.05) is 16.7 Å². The number of benzene rings is 1. The molecule has 1 aromatic carbocycles. The van der Waals surface area contributed by atoms with Gasteiger partial charge in [0.15, 0.2) is 11.6 Å². The molecule has 0 spiro atoms. The molecule has 1 N–H and O–H groups in total. The van der Waals surface area contributed by atoms with E-state index in [9.17, 15) is 14.4 Å². The van der Waals surface area contributed by atoms with Crippen LogP contribution in [0.15, 0.2) is 41.5 Å². The van der Waals surface area contributed by atoms with E-state index in [2.05, 4.69) is 0 Å². The van der Waals surface area contributed by atoms with Crippen molar-refractivity contribution in [3.63, 3.8) is 0 Å². The molecule has 20 heavy (non-hydrogen) atoms. The fourth-order valence-electron chi connectivity index (χ4n) is 2.43. The monoisotopic (exact) mass is 272 g/mol. The van der Waals surface area contributed by atoms with Crippen molar-refractivity contribution < 1.29 is 19.5 Å². The highest BCUT2D eigenvalue weighted by molar-refractivity contribution is 6.15. The number of hydrogen-bond acceptors (Lipinski definition) is 3. The second-order valence-electron chi connectivity index (χ2n) is 4.86. The fraction of sp³-hybridized carbons (Fsp3) is 0.312. The number of aliphatic carboxylic acids is 1. The van der Waals surface area contributed by atoms with Gasteiger partial charge in [-0.1, -0.05) is 30.3 Å². The second kappa shape index (κ2) is 6.28. The highest BCUT2D eigenvalue weighted by atomic mass is 16.4. The third-order valence-corrected chi connectivity index (χ3v) is 3.48. The summed E-state index contributed by atoms with van der Waals surface area (Å²) in [6, 6.07) is 8.58. The summed E-state index contributed by atoms with van der Waals surface area (Å²) < 4.78 is 0. The van der Waals surface area contributed by atoms with Crippen LogP contribution >= 0.6 is 0 Å². The lowest BCUT2D eigenvalue weighted by Gasteiger charge is -2.16. The summed E-state index contributed by atoms with van der Waals surface area (Å²) in [7, 11) is 0. The topological polar surface area (TPSA) is 71.4 Å². The van der Waals surface area contributed by atoms with Crippen LogP contribution in [0.5, 0.6) is 0 Å². The van der Waals surface area contributed by atoms with Crippen LogP contribution in [-0.4, -0.2) is 22.6 Å². The number of Topliss-reactive ketones (excluding diaryl/α,β-unsaturated/α-hetero) is 2. The third-order valence-electron chi connectivity index (χ3n) is 3.48. The van der Waals surface area contributed by atoms with Gasteiger partial charge in [-0.3, -0.25) is 9.59 Å². The van der Waals surface area contributed by atoms with Gasteiger partial charge in [0.1, 0.15) is 0 Å². The summed E-state index contributed by atoms with van der Waals surface area (Å²) in [4.78, 5) is 35.3. The van der Waals surface area contributed by atoms with E-state index < -0.39 is 5.97 Å². The molecular weight excluding hydrogens is 256 g/mol. The smallest absolute Gasteiger partial charge is 0.331 e. The van der Waals surface area contributed by atoms with Crippen molar-refractivity contribution in [1.82, 2.24) is 0 Å². The molecule has 0 aliphatic heterocycles. The quantitative estimate of drug-likeness (QED) is 0.661. The molecule has 0 bridgehead atoms. The Morgan fingerprint density at radius 2 is 1.50 bits per heavy atom. The number of carbonyl (C=O) groups excluding carboxylic acids is 2. The van der Waals surface area contributed by atoms with Crippen LogP contribution in [-0.2, 0) is 9.59 Å². The largest absolute Gasteiger partial charge is 0.478 e. The van der Waals surface area contributed by atoms with Crippen LogP contribution in [0.2, 0.25) is 0 Å². The maximum Gasteiger partial charge on any atom is 0.331 e. The Bertz CT molecular complexity index is 569. The standard InChI is InChI=1S/C16H16O4/c17-14(11-6-2-1-3-7-11)10-15(18)12-8-4-5-9-13(12)16(19)20/h1-3,6-7H,4-5,8-10H2,(H,19,20). The Balaban J connectivity index is 2.15. The molecule has 0 saturated heterocycles. The molecule has 4 nitrogen and oxygen atoms in total. The molecule has 0 atom stereocenters. The molecule has 0 amide bonds. The molecule has 0 radical (unpaired) electrons. The van der Waals surface area contributed by atoms with Crippen LogP contribution < -0.4 is 0 Å². The van der Waals surface area contributed by atoms with Crippen molar-refractivity contribution in [2.24, 2.45) is 0 Å². The van der Waals surface area contributed by atoms with E-state index in [4.69, 9.17) is 5.11 Å². The fourth-order valence-corrected chi connectivity index (χ4v) is 2.43. The number of carbonyl (C=O) groups is 3. The van der Waals surface area contributed by atoms with Gasteiger partial charge in [-0.2, -0.15) is 0 Å². The number of allylic oxidation sites excluding steroid dienone is 1. The summed E-state index contributed by atoms with van der Waals surface area (Å²) in [6.07, 6.45) is 2.21. The van der Waals surface area contributed by atoms with Crippen molar-refractivity contribution in [1.29, 1.82) is 0 Å². The molecule has 1 aliphatic carbocycles. The van der Waals surface area contributed by atoms with Crippen molar-refractivity contribution in [2.75, 3.05) is 0 Å². The van der Waals surface area contributed by atoms with Gasteiger partial charge in [-0.05, 0) is 25.7 Å². The first-order valence-corrected chi connectivity index (χ1v) is 6.66. The van der Waals surface area contributed by atoms with Crippen molar-refractivity contribution in [2.45, 2.75) is 32.1 Å². The Morgan fingerprint density at radius 3 is 2.10 bits per heavy atom. The van der Waals surface area contributed by atoms with Gasteiger partial charge in [-0.25, -0.2) is 4.79 Å². The van der Waals surface area contributed by atoms with Crippen LogP contribution in [0, 0.1) is 0 Å². The molecule has 4 heteroatoms. The van der Waals surface area contributed by atoms with Gasteiger partial charge < -0.3 is 5.11 Å². The number of rotatable bonds is 5. The molecule has 0 heterocycles. The molecule has 0 fully saturated rings. The van der Waals surface area contributed by atoms with E-state index in [-0.39, 0.29) is 23.6 Å². The molecular formula is C16H16O4. The summed E-state index contributed by atoms with van der Waals surface area (Å²) in [5.74, 6) is -1.66. The minimum atomic E-state index is -1.04. The van der Waals surface area contributed by atoms with Gasteiger partial charge >= 0.3 is 5.97 Å². The summed E-state index contributed by atoms with van der Waals surface area (Å²) in [6.45, 7) is 0. The van der Waals surface area contributed by atoms with E-state index in [0.717, 1.165) is 12.8 Å². The summed E-state index contributed by atoms with van der Waals surface area (Å²) >= 11 is 0. The van der Waals surface area contributed by atoms with E-state index >= 15 is 0 Å². The maximum atomic E-state index is 12.2. The minimum Gasteiger partial charge on any atom is -0.478 e. The third kappa shape index (κ3) is 3.20. The zero-order chi connectivity index (χ0) is 14.5. The predicted molar refractivity (Wildman–Crippen MR) is 73.5 cm³/mol. The predicted octanol–water partition coefficient (Wildman–Crippen LogP) is 2.78. The lowest BCUT2D eigenvalue weighted by molar-refractivity contribution is -0.133. The number of carboxylic acid groups (broad SMARTS) is 1. The molecule has 0 unspecified atom stereocenters. The minimum absolute atomic E-state index is 0.183. The maximum absolute atomic E-state index is 12.2. The highest BCUT2D eigenvalue weighted by Crippen LogP contribution is 2.26. The van der Waals surface area contributed by atoms with Crippen LogP contribution in [0.1, 0.15) is 42.5 Å². The number of carboxylic acids is 1. The normalized spacial score (nSPS) is 15.0. The molecule has 0 saturated carbocycles.